The molecular weight excluding hydrogens is 551 g/mol. The monoisotopic (exact) mass is 556 g/mol. The zero-order valence-electron chi connectivity index (χ0n) is 13.2. The third-order valence-electron chi connectivity index (χ3n) is 3.48. The fraction of sp³-hybridized carbons (Fsp3) is 0.267. The van der Waals surface area contributed by atoms with Crippen LogP contribution in [0.4, 0.5) is 30.7 Å². The SMILES string of the molecule is O=S(=O)(c1cc(Br)[c]c(Br)c1Cc1ccccn1)C(F)(F)C(F)(F)C(F)(F)F. The average Bonchev–Trinajstić information content (AvgIpc) is 2.56. The van der Waals surface area contributed by atoms with Crippen LogP contribution in [-0.4, -0.2) is 30.8 Å². The second-order valence-corrected chi connectivity index (χ2v) is 8.97. The zero-order chi connectivity index (χ0) is 21.5. The van der Waals surface area contributed by atoms with Crippen molar-refractivity contribution in [1.82, 2.24) is 4.98 Å². The van der Waals surface area contributed by atoms with Crippen molar-refractivity contribution in [2.24, 2.45) is 0 Å². The van der Waals surface area contributed by atoms with Crippen LogP contribution in [0.3, 0.4) is 0 Å². The van der Waals surface area contributed by atoms with Gasteiger partial charge in [0, 0.05) is 33.3 Å². The van der Waals surface area contributed by atoms with E-state index in [1.54, 1.807) is 0 Å². The van der Waals surface area contributed by atoms with Crippen molar-refractivity contribution in [3.63, 3.8) is 0 Å². The summed E-state index contributed by atoms with van der Waals surface area (Å²) < 4.78 is 116. The first-order valence-electron chi connectivity index (χ1n) is 7.00. The van der Waals surface area contributed by atoms with Gasteiger partial charge in [0.05, 0.1) is 4.90 Å². The maximum absolute atomic E-state index is 14.0. The van der Waals surface area contributed by atoms with Crippen LogP contribution >= 0.6 is 31.9 Å². The number of nitrogens with zero attached hydrogens (tertiary/aromatic N) is 1. The summed E-state index contributed by atoms with van der Waals surface area (Å²) in [5.41, 5.74) is -0.346. The van der Waals surface area contributed by atoms with Crippen molar-refractivity contribution >= 4 is 41.7 Å². The number of pyridine rings is 1. The van der Waals surface area contributed by atoms with Crippen LogP contribution in [0.1, 0.15) is 11.3 Å². The summed E-state index contributed by atoms with van der Waals surface area (Å²) in [6.07, 6.45) is -5.94. The Morgan fingerprint density at radius 2 is 1.64 bits per heavy atom. The Bertz CT molecular complexity index is 980. The lowest BCUT2D eigenvalue weighted by molar-refractivity contribution is -0.332. The molecule has 0 aliphatic heterocycles. The van der Waals surface area contributed by atoms with Crippen LogP contribution in [-0.2, 0) is 16.3 Å². The Hall–Kier alpha value is -1.21. The number of rotatable bonds is 5. The highest BCUT2D eigenvalue weighted by molar-refractivity contribution is 9.11. The van der Waals surface area contributed by atoms with E-state index in [2.05, 4.69) is 42.9 Å². The van der Waals surface area contributed by atoms with Crippen molar-refractivity contribution in [3.05, 3.63) is 56.7 Å². The number of halogens is 9. The van der Waals surface area contributed by atoms with Gasteiger partial charge in [0.15, 0.2) is 0 Å². The summed E-state index contributed by atoms with van der Waals surface area (Å²) in [7, 11) is -6.49. The molecule has 0 saturated heterocycles. The quantitative estimate of drug-likeness (QED) is 0.452. The largest absolute Gasteiger partial charge is 0.461 e. The van der Waals surface area contributed by atoms with E-state index in [0.717, 1.165) is 0 Å². The molecule has 0 saturated carbocycles. The highest BCUT2D eigenvalue weighted by Crippen LogP contribution is 2.51. The number of alkyl halides is 7. The minimum atomic E-state index is -6.82. The lowest BCUT2D eigenvalue weighted by atomic mass is 10.1. The minimum absolute atomic E-state index is 0.154. The normalized spacial score (nSPS) is 13.6. The Labute approximate surface area is 171 Å². The summed E-state index contributed by atoms with van der Waals surface area (Å²) in [6, 6.07) is 7.33. The molecule has 1 aromatic carbocycles. The van der Waals surface area contributed by atoms with Gasteiger partial charge in [0.1, 0.15) is 0 Å². The molecule has 0 bridgehead atoms. The second-order valence-electron chi connectivity index (χ2n) is 5.36. The van der Waals surface area contributed by atoms with Gasteiger partial charge < -0.3 is 0 Å². The molecule has 1 aromatic heterocycles. The van der Waals surface area contributed by atoms with E-state index in [1.165, 1.54) is 24.4 Å². The van der Waals surface area contributed by atoms with Crippen LogP contribution in [0.15, 0.2) is 44.3 Å². The van der Waals surface area contributed by atoms with Gasteiger partial charge in [-0.15, -0.1) is 0 Å². The molecule has 153 valence electrons. The number of aromatic nitrogens is 1. The summed E-state index contributed by atoms with van der Waals surface area (Å²) >= 11 is 5.63. The maximum Gasteiger partial charge on any atom is 0.461 e. The molecule has 3 nitrogen and oxygen atoms in total. The summed E-state index contributed by atoms with van der Waals surface area (Å²) in [6.45, 7) is 0. The van der Waals surface area contributed by atoms with Gasteiger partial charge in [-0.05, 0) is 39.7 Å². The van der Waals surface area contributed by atoms with Gasteiger partial charge in [-0.25, -0.2) is 8.42 Å². The van der Waals surface area contributed by atoms with Crippen LogP contribution in [0, 0.1) is 6.07 Å². The van der Waals surface area contributed by atoms with Gasteiger partial charge in [0.25, 0.3) is 9.84 Å². The molecule has 0 aliphatic rings. The van der Waals surface area contributed by atoms with Crippen molar-refractivity contribution in [1.29, 1.82) is 0 Å². The molecule has 2 rings (SSSR count). The van der Waals surface area contributed by atoms with Gasteiger partial charge in [0.2, 0.25) is 0 Å². The number of sulfone groups is 1. The third kappa shape index (κ3) is 3.92. The zero-order valence-corrected chi connectivity index (χ0v) is 17.2. The molecule has 13 heteroatoms. The topological polar surface area (TPSA) is 47.0 Å². The molecule has 1 radical (unpaired) electrons. The Morgan fingerprint density at radius 3 is 2.14 bits per heavy atom. The summed E-state index contributed by atoms with van der Waals surface area (Å²) in [5.74, 6) is -6.82. The summed E-state index contributed by atoms with van der Waals surface area (Å²) in [4.78, 5) is 2.44. The van der Waals surface area contributed by atoms with Gasteiger partial charge >= 0.3 is 17.4 Å². The predicted molar refractivity (Wildman–Crippen MR) is 90.9 cm³/mol. The van der Waals surface area contributed by atoms with Crippen LogP contribution < -0.4 is 0 Å². The minimum Gasteiger partial charge on any atom is -0.261 e. The van der Waals surface area contributed by atoms with Crippen molar-refractivity contribution in [3.8, 4) is 0 Å². The maximum atomic E-state index is 14.0. The van der Waals surface area contributed by atoms with E-state index in [9.17, 15) is 39.2 Å². The summed E-state index contributed by atoms with van der Waals surface area (Å²) in [5, 5.41) is -6.46. The number of benzene rings is 1. The molecule has 2 aromatic rings. The highest BCUT2D eigenvalue weighted by atomic mass is 79.9. The first kappa shape index (κ1) is 23.1. The number of hydrogen-bond acceptors (Lipinski definition) is 3. The molecule has 1 heterocycles. The fourth-order valence-corrected chi connectivity index (χ4v) is 5.13. The van der Waals surface area contributed by atoms with Crippen LogP contribution in [0.5, 0.6) is 0 Å². The molecule has 0 N–H and O–H groups in total. The van der Waals surface area contributed by atoms with E-state index in [-0.39, 0.29) is 14.6 Å². The molecule has 0 spiro atoms. The van der Waals surface area contributed by atoms with Crippen LogP contribution in [0.2, 0.25) is 0 Å². The Morgan fingerprint density at radius 1 is 1.04 bits per heavy atom. The molecule has 0 atom stereocenters. The second kappa shape index (κ2) is 7.56. The Kier molecular flexibility index (Phi) is 6.23. The van der Waals surface area contributed by atoms with E-state index in [0.29, 0.717) is 6.07 Å². The third-order valence-corrected chi connectivity index (χ3v) is 6.46. The molecule has 28 heavy (non-hydrogen) atoms. The van der Waals surface area contributed by atoms with E-state index in [1.807, 2.05) is 0 Å². The molecular formula is C15H7Br2F7NO2S. The highest BCUT2D eigenvalue weighted by Gasteiger charge is 2.78. The van der Waals surface area contributed by atoms with E-state index >= 15 is 0 Å². The number of hydrogen-bond donors (Lipinski definition) is 0. The predicted octanol–water partition coefficient (Wildman–Crippen LogP) is 5.56. The molecule has 0 fully saturated rings. The lowest BCUT2D eigenvalue weighted by Crippen LogP contribution is -2.56. The van der Waals surface area contributed by atoms with Gasteiger partial charge in [-0.2, -0.15) is 30.7 Å². The fourth-order valence-electron chi connectivity index (χ4n) is 2.09. The Balaban J connectivity index is 2.72. The standard InChI is InChI=1S/C15H7Br2F7NO2S/c16-8-5-11(17)10(7-9-3-1-2-4-25-9)12(6-8)28(26,27)15(23,24)13(18,19)14(20,21)22/h1-4,6H,7H2. The lowest BCUT2D eigenvalue weighted by Gasteiger charge is -2.28. The van der Waals surface area contributed by atoms with Gasteiger partial charge in [-0.1, -0.05) is 22.0 Å². The van der Waals surface area contributed by atoms with E-state index < -0.39 is 44.1 Å². The van der Waals surface area contributed by atoms with Crippen molar-refractivity contribution in [2.45, 2.75) is 28.7 Å². The average molecular weight is 558 g/mol. The van der Waals surface area contributed by atoms with Crippen molar-refractivity contribution in [2.75, 3.05) is 0 Å². The van der Waals surface area contributed by atoms with E-state index in [4.69, 9.17) is 0 Å². The van der Waals surface area contributed by atoms with Gasteiger partial charge in [-0.3, -0.25) is 4.98 Å². The molecule has 0 unspecified atom stereocenters. The van der Waals surface area contributed by atoms with Crippen molar-refractivity contribution < 1.29 is 39.2 Å². The first-order chi connectivity index (χ1) is 12.6. The molecule has 0 amide bonds. The smallest absolute Gasteiger partial charge is 0.261 e. The van der Waals surface area contributed by atoms with Crippen LogP contribution in [0.25, 0.3) is 0 Å². The first-order valence-corrected chi connectivity index (χ1v) is 10.1. The molecule has 0 aliphatic carbocycles.